The third-order valence-electron chi connectivity index (χ3n) is 4.57. The molecule has 3 aromatic rings. The monoisotopic (exact) mass is 456 g/mol. The number of rotatable bonds is 9. The topological polar surface area (TPSA) is 53.8 Å². The Bertz CT molecular complexity index is 1020. The van der Waals surface area contributed by atoms with Crippen LogP contribution in [0.5, 0.6) is 0 Å². The van der Waals surface area contributed by atoms with Crippen molar-refractivity contribution in [1.82, 2.24) is 9.80 Å². The molecule has 0 aliphatic carbocycles. The van der Waals surface area contributed by atoms with Gasteiger partial charge in [0, 0.05) is 28.7 Å². The summed E-state index contributed by atoms with van der Waals surface area (Å²) >= 11 is 12.1. The van der Waals surface area contributed by atoms with Crippen molar-refractivity contribution in [3.8, 4) is 0 Å². The molecule has 0 aliphatic rings. The molecule has 1 aromatic heterocycles. The van der Waals surface area contributed by atoms with Crippen LogP contribution in [0.4, 0.5) is 0 Å². The van der Waals surface area contributed by atoms with E-state index >= 15 is 0 Å². The number of nitrogens with zero attached hydrogens (tertiary/aromatic N) is 2. The van der Waals surface area contributed by atoms with Crippen LogP contribution in [-0.2, 0) is 17.9 Å². The Labute approximate surface area is 191 Å². The molecule has 2 amide bonds. The molecule has 0 bridgehead atoms. The van der Waals surface area contributed by atoms with Crippen LogP contribution in [0.3, 0.4) is 0 Å². The predicted molar refractivity (Wildman–Crippen MR) is 122 cm³/mol. The van der Waals surface area contributed by atoms with Crippen molar-refractivity contribution < 1.29 is 14.0 Å². The fourth-order valence-electron chi connectivity index (χ4n) is 3.12. The summed E-state index contributed by atoms with van der Waals surface area (Å²) in [4.78, 5) is 29.3. The minimum Gasteiger partial charge on any atom is -0.467 e. The van der Waals surface area contributed by atoms with E-state index in [2.05, 4.69) is 6.58 Å². The summed E-state index contributed by atoms with van der Waals surface area (Å²) in [6.45, 7) is 4.47. The molecule has 0 N–H and O–H groups in total. The van der Waals surface area contributed by atoms with E-state index in [0.29, 0.717) is 34.5 Å². The highest BCUT2D eigenvalue weighted by atomic mass is 35.5. The molecule has 160 valence electrons. The van der Waals surface area contributed by atoms with Crippen molar-refractivity contribution in [3.63, 3.8) is 0 Å². The molecular formula is C24H22Cl2N2O3. The van der Waals surface area contributed by atoms with Gasteiger partial charge in [0.15, 0.2) is 0 Å². The number of hydrogen-bond donors (Lipinski definition) is 0. The van der Waals surface area contributed by atoms with E-state index < -0.39 is 0 Å². The Balaban J connectivity index is 1.80. The average Bonchev–Trinajstić information content (AvgIpc) is 3.25. The van der Waals surface area contributed by atoms with Gasteiger partial charge in [-0.15, -0.1) is 6.58 Å². The van der Waals surface area contributed by atoms with Crippen LogP contribution in [0.2, 0.25) is 10.0 Å². The highest BCUT2D eigenvalue weighted by molar-refractivity contribution is 6.35. The molecule has 3 rings (SSSR count). The van der Waals surface area contributed by atoms with Gasteiger partial charge in [0.25, 0.3) is 5.91 Å². The maximum Gasteiger partial charge on any atom is 0.254 e. The first kappa shape index (κ1) is 22.7. The second-order valence-corrected chi connectivity index (χ2v) is 7.82. The Morgan fingerprint density at radius 2 is 1.65 bits per heavy atom. The fourth-order valence-corrected chi connectivity index (χ4v) is 3.65. The lowest BCUT2D eigenvalue weighted by Crippen LogP contribution is -2.42. The Hall–Kier alpha value is -3.02. The minimum atomic E-state index is -0.352. The van der Waals surface area contributed by atoms with Gasteiger partial charge in [0.1, 0.15) is 12.3 Å². The largest absolute Gasteiger partial charge is 0.467 e. The van der Waals surface area contributed by atoms with Gasteiger partial charge in [-0.2, -0.15) is 0 Å². The van der Waals surface area contributed by atoms with Crippen molar-refractivity contribution in [2.75, 3.05) is 13.1 Å². The molecule has 0 atom stereocenters. The van der Waals surface area contributed by atoms with Crippen molar-refractivity contribution in [1.29, 1.82) is 0 Å². The lowest BCUT2D eigenvalue weighted by molar-refractivity contribution is -0.133. The Morgan fingerprint density at radius 1 is 0.935 bits per heavy atom. The van der Waals surface area contributed by atoms with Crippen molar-refractivity contribution in [3.05, 3.63) is 107 Å². The summed E-state index contributed by atoms with van der Waals surface area (Å²) in [5.74, 6) is 0.0892. The maximum absolute atomic E-state index is 13.2. The van der Waals surface area contributed by atoms with Gasteiger partial charge in [-0.05, 0) is 35.9 Å². The smallest absolute Gasteiger partial charge is 0.254 e. The van der Waals surface area contributed by atoms with Crippen LogP contribution >= 0.6 is 23.2 Å². The fraction of sp³-hybridized carbons (Fsp3) is 0.167. The van der Waals surface area contributed by atoms with Gasteiger partial charge in [0.2, 0.25) is 5.91 Å². The number of carbonyl (C=O) groups is 2. The van der Waals surface area contributed by atoms with E-state index in [4.69, 9.17) is 27.6 Å². The first-order chi connectivity index (χ1) is 15.0. The summed E-state index contributed by atoms with van der Waals surface area (Å²) < 4.78 is 5.43. The van der Waals surface area contributed by atoms with E-state index in [0.717, 1.165) is 5.56 Å². The number of carbonyl (C=O) groups excluding carboxylic acids is 2. The van der Waals surface area contributed by atoms with Crippen LogP contribution < -0.4 is 0 Å². The molecule has 0 saturated carbocycles. The zero-order chi connectivity index (χ0) is 22.2. The lowest BCUT2D eigenvalue weighted by atomic mass is 10.2. The standard InChI is InChI=1S/C24H22Cl2N2O3/c1-2-10-27(24(30)19-12-20(25)14-21(26)13-19)17-23(29)28(16-22-9-6-11-31-22)15-18-7-4-3-5-8-18/h2-9,11-14H,1,10,15-17H2. The number of halogens is 2. The van der Waals surface area contributed by atoms with E-state index in [1.54, 1.807) is 29.4 Å². The second-order valence-electron chi connectivity index (χ2n) is 6.95. The van der Waals surface area contributed by atoms with Crippen LogP contribution in [0.15, 0.2) is 84.0 Å². The average molecular weight is 457 g/mol. The molecule has 1 heterocycles. The molecular weight excluding hydrogens is 435 g/mol. The molecule has 0 fully saturated rings. The zero-order valence-electron chi connectivity index (χ0n) is 16.8. The quantitative estimate of drug-likeness (QED) is 0.402. The highest BCUT2D eigenvalue weighted by Gasteiger charge is 2.23. The van der Waals surface area contributed by atoms with Crippen molar-refractivity contribution in [2.24, 2.45) is 0 Å². The second kappa shape index (κ2) is 10.8. The third kappa shape index (κ3) is 6.48. The van der Waals surface area contributed by atoms with Crippen LogP contribution in [-0.4, -0.2) is 34.7 Å². The molecule has 31 heavy (non-hydrogen) atoms. The minimum absolute atomic E-state index is 0.122. The van der Waals surface area contributed by atoms with Crippen LogP contribution in [0.1, 0.15) is 21.7 Å². The molecule has 7 heteroatoms. The van der Waals surface area contributed by atoms with E-state index in [9.17, 15) is 9.59 Å². The SMILES string of the molecule is C=CCN(CC(=O)N(Cc1ccccc1)Cc1ccco1)C(=O)c1cc(Cl)cc(Cl)c1. The lowest BCUT2D eigenvalue weighted by Gasteiger charge is -2.27. The van der Waals surface area contributed by atoms with Crippen LogP contribution in [0, 0.1) is 0 Å². The van der Waals surface area contributed by atoms with Gasteiger partial charge < -0.3 is 14.2 Å². The van der Waals surface area contributed by atoms with Crippen LogP contribution in [0.25, 0.3) is 0 Å². The summed E-state index contributed by atoms with van der Waals surface area (Å²) in [6.07, 6.45) is 3.14. The summed E-state index contributed by atoms with van der Waals surface area (Å²) in [5, 5.41) is 0.702. The first-order valence-corrected chi connectivity index (χ1v) is 10.4. The summed E-state index contributed by atoms with van der Waals surface area (Å²) in [6, 6.07) is 17.8. The number of furan rings is 1. The van der Waals surface area contributed by atoms with E-state index in [1.807, 2.05) is 36.4 Å². The highest BCUT2D eigenvalue weighted by Crippen LogP contribution is 2.20. The van der Waals surface area contributed by atoms with Gasteiger partial charge >= 0.3 is 0 Å². The molecule has 5 nitrogen and oxygen atoms in total. The number of amides is 2. The summed E-state index contributed by atoms with van der Waals surface area (Å²) in [7, 11) is 0. The van der Waals surface area contributed by atoms with Gasteiger partial charge in [-0.1, -0.05) is 59.6 Å². The summed E-state index contributed by atoms with van der Waals surface area (Å²) in [5.41, 5.74) is 1.29. The zero-order valence-corrected chi connectivity index (χ0v) is 18.4. The third-order valence-corrected chi connectivity index (χ3v) is 5.00. The Kier molecular flexibility index (Phi) is 7.93. The van der Waals surface area contributed by atoms with Gasteiger partial charge in [-0.3, -0.25) is 9.59 Å². The Morgan fingerprint density at radius 3 is 2.26 bits per heavy atom. The first-order valence-electron chi connectivity index (χ1n) is 9.66. The maximum atomic E-state index is 13.2. The normalized spacial score (nSPS) is 10.5. The van der Waals surface area contributed by atoms with Gasteiger partial charge in [-0.25, -0.2) is 0 Å². The molecule has 0 unspecified atom stereocenters. The number of benzene rings is 2. The molecule has 0 radical (unpaired) electrons. The number of hydrogen-bond acceptors (Lipinski definition) is 3. The molecule has 0 saturated heterocycles. The molecule has 0 spiro atoms. The van der Waals surface area contributed by atoms with Crippen molar-refractivity contribution in [2.45, 2.75) is 13.1 Å². The van der Waals surface area contributed by atoms with Gasteiger partial charge in [0.05, 0.1) is 12.8 Å². The molecule has 2 aromatic carbocycles. The predicted octanol–water partition coefficient (Wildman–Crippen LogP) is 5.44. The molecule has 0 aliphatic heterocycles. The van der Waals surface area contributed by atoms with E-state index in [-0.39, 0.29) is 24.9 Å². The van der Waals surface area contributed by atoms with E-state index in [1.165, 1.54) is 17.0 Å². The van der Waals surface area contributed by atoms with Crippen molar-refractivity contribution >= 4 is 35.0 Å².